The van der Waals surface area contributed by atoms with Crippen LogP contribution in [0.4, 0.5) is 0 Å². The van der Waals surface area contributed by atoms with Gasteiger partial charge in [-0.3, -0.25) is 14.5 Å². The molecule has 24 heavy (non-hydrogen) atoms. The van der Waals surface area contributed by atoms with E-state index in [1.54, 1.807) is 36.2 Å². The molecule has 2 atom stereocenters. The van der Waals surface area contributed by atoms with Crippen molar-refractivity contribution in [3.8, 4) is 0 Å². The van der Waals surface area contributed by atoms with Crippen molar-refractivity contribution in [3.63, 3.8) is 0 Å². The fourth-order valence-electron chi connectivity index (χ4n) is 4.06. The summed E-state index contributed by atoms with van der Waals surface area (Å²) in [5, 5.41) is 10.5. The van der Waals surface area contributed by atoms with Crippen molar-refractivity contribution >= 4 is 11.7 Å². The Hall–Kier alpha value is -1.72. The lowest BCUT2D eigenvalue weighted by molar-refractivity contribution is -0.136. The number of benzene rings is 1. The highest BCUT2D eigenvalue weighted by molar-refractivity contribution is 6.00. The highest BCUT2D eigenvalue weighted by Crippen LogP contribution is 2.39. The summed E-state index contributed by atoms with van der Waals surface area (Å²) in [7, 11) is 1.77. The van der Waals surface area contributed by atoms with E-state index in [1.807, 2.05) is 13.0 Å². The number of aliphatic hydroxyl groups is 1. The Morgan fingerprint density at radius 2 is 1.88 bits per heavy atom. The van der Waals surface area contributed by atoms with E-state index in [9.17, 15) is 14.7 Å². The largest absolute Gasteiger partial charge is 0.361 e. The summed E-state index contributed by atoms with van der Waals surface area (Å²) in [5.41, 5.74) is -0.171. The number of hydrogen-bond acceptors (Lipinski definition) is 4. The van der Waals surface area contributed by atoms with Crippen molar-refractivity contribution in [1.82, 2.24) is 9.80 Å². The Bertz CT molecular complexity index is 612. The lowest BCUT2D eigenvalue weighted by Crippen LogP contribution is -2.47. The summed E-state index contributed by atoms with van der Waals surface area (Å²) in [6.45, 7) is 1.80. The van der Waals surface area contributed by atoms with Crippen LogP contribution in [-0.2, 0) is 4.79 Å². The number of ketones is 1. The number of nitrogens with zero attached hydrogens (tertiary/aromatic N) is 2. The summed E-state index contributed by atoms with van der Waals surface area (Å²) in [6, 6.07) is 8.91. The molecule has 1 aliphatic heterocycles. The van der Waals surface area contributed by atoms with Crippen molar-refractivity contribution in [2.45, 2.75) is 50.9 Å². The highest BCUT2D eigenvalue weighted by Gasteiger charge is 2.53. The smallest absolute Gasteiger partial charge is 0.246 e. The van der Waals surface area contributed by atoms with E-state index in [0.29, 0.717) is 11.5 Å². The van der Waals surface area contributed by atoms with Gasteiger partial charge < -0.3 is 5.11 Å². The Morgan fingerprint density at radius 1 is 1.25 bits per heavy atom. The second-order valence-electron chi connectivity index (χ2n) is 7.31. The first kappa shape index (κ1) is 17.1. The fraction of sp³-hybridized carbons (Fsp3) is 0.579. The topological polar surface area (TPSA) is 60.9 Å². The predicted octanol–water partition coefficient (Wildman–Crippen LogP) is 2.26. The third kappa shape index (κ3) is 2.98. The number of Topliss-reactive ketones (excluding diaryl/α,β-unsaturated/α-hetero) is 1. The molecule has 1 saturated heterocycles. The zero-order valence-corrected chi connectivity index (χ0v) is 14.4. The van der Waals surface area contributed by atoms with E-state index in [2.05, 4.69) is 0 Å². The van der Waals surface area contributed by atoms with E-state index in [1.165, 1.54) is 17.7 Å². The van der Waals surface area contributed by atoms with Crippen molar-refractivity contribution in [3.05, 3.63) is 35.9 Å². The van der Waals surface area contributed by atoms with Crippen molar-refractivity contribution in [2.75, 3.05) is 13.6 Å². The van der Waals surface area contributed by atoms with Crippen LogP contribution < -0.4 is 0 Å². The molecule has 1 aromatic rings. The minimum Gasteiger partial charge on any atom is -0.361 e. The van der Waals surface area contributed by atoms with Gasteiger partial charge in [-0.15, -0.1) is 0 Å². The molecule has 1 aromatic carbocycles. The SMILES string of the molecule is CN1C(O)N(CC(=O)c2ccccc2)C(=O)C1(C)CC1CCCC1. The minimum absolute atomic E-state index is 0.0887. The van der Waals surface area contributed by atoms with Crippen molar-refractivity contribution in [2.24, 2.45) is 5.92 Å². The Morgan fingerprint density at radius 3 is 2.50 bits per heavy atom. The van der Waals surface area contributed by atoms with Crippen molar-refractivity contribution in [1.29, 1.82) is 0 Å². The molecule has 1 heterocycles. The molecule has 0 aromatic heterocycles. The first-order valence-corrected chi connectivity index (χ1v) is 8.74. The first-order valence-electron chi connectivity index (χ1n) is 8.74. The van der Waals surface area contributed by atoms with Gasteiger partial charge in [-0.2, -0.15) is 0 Å². The van der Waals surface area contributed by atoms with Gasteiger partial charge in [-0.1, -0.05) is 56.0 Å². The summed E-state index contributed by atoms with van der Waals surface area (Å²) in [4.78, 5) is 28.4. The summed E-state index contributed by atoms with van der Waals surface area (Å²) in [5.74, 6) is 0.230. The molecule has 1 aliphatic carbocycles. The third-order valence-electron chi connectivity index (χ3n) is 5.70. The first-order chi connectivity index (χ1) is 11.4. The number of hydrogen-bond donors (Lipinski definition) is 1. The van der Waals surface area contributed by atoms with Crippen LogP contribution in [0.5, 0.6) is 0 Å². The van der Waals surface area contributed by atoms with Gasteiger partial charge in [-0.25, -0.2) is 4.90 Å². The number of carbonyl (C=O) groups excluding carboxylic acids is 2. The van der Waals surface area contributed by atoms with Crippen LogP contribution in [-0.4, -0.2) is 52.1 Å². The number of aliphatic hydroxyl groups excluding tert-OH is 1. The molecule has 0 bridgehead atoms. The second-order valence-corrected chi connectivity index (χ2v) is 7.31. The molecule has 5 heteroatoms. The molecular formula is C19H26N2O3. The zero-order chi connectivity index (χ0) is 17.3. The van der Waals surface area contributed by atoms with E-state index in [0.717, 1.165) is 19.3 Å². The van der Waals surface area contributed by atoms with Gasteiger partial charge in [-0.05, 0) is 26.3 Å². The lowest BCUT2D eigenvalue weighted by atomic mass is 9.87. The average Bonchev–Trinajstić information content (AvgIpc) is 3.15. The molecule has 2 fully saturated rings. The molecule has 1 N–H and O–H groups in total. The van der Waals surface area contributed by atoms with Gasteiger partial charge in [0.25, 0.3) is 0 Å². The zero-order valence-electron chi connectivity index (χ0n) is 14.4. The number of rotatable bonds is 5. The van der Waals surface area contributed by atoms with E-state index in [-0.39, 0.29) is 18.2 Å². The molecule has 2 unspecified atom stereocenters. The molecular weight excluding hydrogens is 304 g/mol. The van der Waals surface area contributed by atoms with Gasteiger partial charge in [0.2, 0.25) is 5.91 Å². The van der Waals surface area contributed by atoms with Gasteiger partial charge in [0.1, 0.15) is 5.54 Å². The molecule has 0 radical (unpaired) electrons. The number of carbonyl (C=O) groups is 2. The maximum atomic E-state index is 13.0. The lowest BCUT2D eigenvalue weighted by Gasteiger charge is -2.32. The van der Waals surface area contributed by atoms with Crippen LogP contribution in [0.25, 0.3) is 0 Å². The minimum atomic E-state index is -1.04. The van der Waals surface area contributed by atoms with Gasteiger partial charge in [0.05, 0.1) is 6.54 Å². The number of amides is 1. The monoisotopic (exact) mass is 330 g/mol. The molecule has 1 amide bonds. The second kappa shape index (κ2) is 6.65. The van der Waals surface area contributed by atoms with Gasteiger partial charge >= 0.3 is 0 Å². The van der Waals surface area contributed by atoms with Crippen LogP contribution >= 0.6 is 0 Å². The quantitative estimate of drug-likeness (QED) is 0.841. The summed E-state index contributed by atoms with van der Waals surface area (Å²) >= 11 is 0. The third-order valence-corrected chi connectivity index (χ3v) is 5.70. The number of likely N-dealkylation sites (N-methyl/N-ethyl adjacent to an activating group) is 1. The van der Waals surface area contributed by atoms with Crippen LogP contribution in [0.3, 0.4) is 0 Å². The molecule has 2 aliphatic rings. The van der Waals surface area contributed by atoms with E-state index < -0.39 is 11.9 Å². The van der Waals surface area contributed by atoms with E-state index >= 15 is 0 Å². The average molecular weight is 330 g/mol. The molecule has 0 spiro atoms. The fourth-order valence-corrected chi connectivity index (χ4v) is 4.06. The summed E-state index contributed by atoms with van der Waals surface area (Å²) < 4.78 is 0. The Labute approximate surface area is 143 Å². The normalized spacial score (nSPS) is 28.7. The molecule has 5 nitrogen and oxygen atoms in total. The molecule has 130 valence electrons. The maximum Gasteiger partial charge on any atom is 0.246 e. The standard InChI is InChI=1S/C19H26N2O3/c1-19(12-14-8-6-7-9-14)17(23)21(18(24)20(19)2)13-16(22)15-10-4-3-5-11-15/h3-5,10-11,14,18,24H,6-9,12-13H2,1-2H3. The summed E-state index contributed by atoms with van der Waals surface area (Å²) in [6.07, 6.45) is 4.44. The van der Waals surface area contributed by atoms with Crippen LogP contribution in [0.15, 0.2) is 30.3 Å². The maximum absolute atomic E-state index is 13.0. The Kier molecular flexibility index (Phi) is 4.74. The molecule has 1 saturated carbocycles. The van der Waals surface area contributed by atoms with Crippen LogP contribution in [0, 0.1) is 5.92 Å². The highest BCUT2D eigenvalue weighted by atomic mass is 16.3. The Balaban J connectivity index is 1.74. The van der Waals surface area contributed by atoms with Gasteiger partial charge in [0.15, 0.2) is 12.1 Å². The van der Waals surface area contributed by atoms with Crippen LogP contribution in [0.2, 0.25) is 0 Å². The molecule has 3 rings (SSSR count). The van der Waals surface area contributed by atoms with Crippen LogP contribution in [0.1, 0.15) is 49.4 Å². The predicted molar refractivity (Wildman–Crippen MR) is 91.2 cm³/mol. The van der Waals surface area contributed by atoms with E-state index in [4.69, 9.17) is 0 Å². The van der Waals surface area contributed by atoms with Gasteiger partial charge in [0, 0.05) is 5.56 Å². The van der Waals surface area contributed by atoms with Crippen molar-refractivity contribution < 1.29 is 14.7 Å².